The summed E-state index contributed by atoms with van der Waals surface area (Å²) in [5.74, 6) is -0.257. The summed E-state index contributed by atoms with van der Waals surface area (Å²) < 4.78 is 42.7. The lowest BCUT2D eigenvalue weighted by Crippen LogP contribution is -2.28. The molecular formula is C16H18F3N3O2S. The monoisotopic (exact) mass is 373 g/mol. The molecule has 0 bridgehead atoms. The van der Waals surface area contributed by atoms with E-state index in [1.807, 2.05) is 0 Å². The molecule has 0 saturated carbocycles. The maximum atomic E-state index is 12.5. The SMILES string of the molecule is COC(CN)CC(=O)Nc1ncc(Cc2ccc(C(F)(F)F)cc2)s1. The molecule has 0 aliphatic heterocycles. The lowest BCUT2D eigenvalue weighted by atomic mass is 10.1. The summed E-state index contributed by atoms with van der Waals surface area (Å²) in [6.45, 7) is 0.237. The number of thiazole rings is 1. The predicted octanol–water partition coefficient (Wildman–Crippen LogP) is 3.06. The van der Waals surface area contributed by atoms with Gasteiger partial charge in [0.05, 0.1) is 18.1 Å². The van der Waals surface area contributed by atoms with Crippen LogP contribution in [0.2, 0.25) is 0 Å². The minimum absolute atomic E-state index is 0.126. The van der Waals surface area contributed by atoms with E-state index in [9.17, 15) is 18.0 Å². The van der Waals surface area contributed by atoms with E-state index in [4.69, 9.17) is 10.5 Å². The summed E-state index contributed by atoms with van der Waals surface area (Å²) in [5.41, 5.74) is 5.52. The zero-order valence-corrected chi connectivity index (χ0v) is 14.3. The molecule has 2 aromatic rings. The number of ether oxygens (including phenoxy) is 1. The van der Waals surface area contributed by atoms with Crippen molar-refractivity contribution in [2.45, 2.75) is 25.1 Å². The molecule has 2 rings (SSSR count). The molecule has 3 N–H and O–H groups in total. The molecular weight excluding hydrogens is 355 g/mol. The average molecular weight is 373 g/mol. The van der Waals surface area contributed by atoms with Gasteiger partial charge in [-0.1, -0.05) is 12.1 Å². The molecule has 136 valence electrons. The quantitative estimate of drug-likeness (QED) is 0.782. The smallest absolute Gasteiger partial charge is 0.380 e. The fourth-order valence-electron chi connectivity index (χ4n) is 2.10. The molecule has 1 atom stereocenters. The van der Waals surface area contributed by atoms with Gasteiger partial charge in [-0.3, -0.25) is 4.79 Å². The van der Waals surface area contributed by atoms with Crippen LogP contribution in [0, 0.1) is 0 Å². The van der Waals surface area contributed by atoms with Crippen LogP contribution in [0.1, 0.15) is 22.4 Å². The van der Waals surface area contributed by atoms with Crippen molar-refractivity contribution in [1.82, 2.24) is 4.98 Å². The third-order valence-corrected chi connectivity index (χ3v) is 4.38. The Bertz CT molecular complexity index is 697. The van der Waals surface area contributed by atoms with E-state index in [1.165, 1.54) is 30.6 Å². The van der Waals surface area contributed by atoms with Gasteiger partial charge in [-0.2, -0.15) is 13.2 Å². The Morgan fingerprint density at radius 3 is 2.60 bits per heavy atom. The van der Waals surface area contributed by atoms with Crippen LogP contribution >= 0.6 is 11.3 Å². The van der Waals surface area contributed by atoms with E-state index in [1.54, 1.807) is 6.20 Å². The van der Waals surface area contributed by atoms with Gasteiger partial charge in [0.2, 0.25) is 5.91 Å². The normalized spacial score (nSPS) is 12.8. The Morgan fingerprint density at radius 1 is 1.36 bits per heavy atom. The fraction of sp³-hybridized carbons (Fsp3) is 0.375. The number of nitrogens with two attached hydrogens (primary N) is 1. The summed E-state index contributed by atoms with van der Waals surface area (Å²) in [6, 6.07) is 4.98. The number of halogens is 3. The van der Waals surface area contributed by atoms with Crippen LogP contribution in [-0.2, 0) is 22.1 Å². The highest BCUT2D eigenvalue weighted by Gasteiger charge is 2.29. The first-order valence-corrected chi connectivity index (χ1v) is 8.27. The molecule has 1 unspecified atom stereocenters. The standard InChI is InChI=1S/C16H18F3N3O2S/c1-24-12(8-20)7-14(23)22-15-21-9-13(25-15)6-10-2-4-11(5-3-10)16(17,18)19/h2-5,9,12H,6-8,20H2,1H3,(H,21,22,23). The van der Waals surface area contributed by atoms with Crippen LogP contribution in [0.4, 0.5) is 18.3 Å². The van der Waals surface area contributed by atoms with Crippen molar-refractivity contribution in [3.05, 3.63) is 46.5 Å². The van der Waals surface area contributed by atoms with Crippen molar-refractivity contribution in [1.29, 1.82) is 0 Å². The van der Waals surface area contributed by atoms with Crippen molar-refractivity contribution < 1.29 is 22.7 Å². The minimum Gasteiger partial charge on any atom is -0.380 e. The Hall–Kier alpha value is -1.97. The van der Waals surface area contributed by atoms with Gasteiger partial charge in [0, 0.05) is 31.1 Å². The van der Waals surface area contributed by atoms with Gasteiger partial charge < -0.3 is 15.8 Å². The van der Waals surface area contributed by atoms with Crippen LogP contribution in [0.5, 0.6) is 0 Å². The van der Waals surface area contributed by atoms with E-state index in [0.29, 0.717) is 11.6 Å². The van der Waals surface area contributed by atoms with Crippen LogP contribution in [0.15, 0.2) is 30.5 Å². The largest absolute Gasteiger partial charge is 0.416 e. The number of hydrogen-bond donors (Lipinski definition) is 2. The number of alkyl halides is 3. The summed E-state index contributed by atoms with van der Waals surface area (Å²) >= 11 is 1.27. The van der Waals surface area contributed by atoms with Gasteiger partial charge >= 0.3 is 6.18 Å². The average Bonchev–Trinajstić information content (AvgIpc) is 2.99. The number of rotatable bonds is 7. The van der Waals surface area contributed by atoms with Gasteiger partial charge in [-0.15, -0.1) is 11.3 Å². The highest BCUT2D eigenvalue weighted by Crippen LogP contribution is 2.29. The molecule has 0 saturated heterocycles. The zero-order chi connectivity index (χ0) is 18.4. The van der Waals surface area contributed by atoms with Crippen molar-refractivity contribution >= 4 is 22.4 Å². The van der Waals surface area contributed by atoms with Crippen molar-refractivity contribution in [2.24, 2.45) is 5.73 Å². The van der Waals surface area contributed by atoms with Gasteiger partial charge in [0.15, 0.2) is 5.13 Å². The molecule has 0 radical (unpaired) electrons. The fourth-order valence-corrected chi connectivity index (χ4v) is 2.96. The van der Waals surface area contributed by atoms with E-state index >= 15 is 0 Å². The van der Waals surface area contributed by atoms with E-state index < -0.39 is 11.7 Å². The number of methoxy groups -OCH3 is 1. The molecule has 0 fully saturated rings. The summed E-state index contributed by atoms with van der Waals surface area (Å²) in [4.78, 5) is 16.8. The number of hydrogen-bond acceptors (Lipinski definition) is 5. The Labute approximate surface area is 147 Å². The Kier molecular flexibility index (Phi) is 6.51. The third kappa shape index (κ3) is 5.80. The number of aromatic nitrogens is 1. The van der Waals surface area contributed by atoms with E-state index in [0.717, 1.165) is 22.6 Å². The first kappa shape index (κ1) is 19.4. The maximum Gasteiger partial charge on any atom is 0.416 e. The molecule has 1 aromatic carbocycles. The molecule has 0 aliphatic rings. The van der Waals surface area contributed by atoms with E-state index in [-0.39, 0.29) is 25.0 Å². The lowest BCUT2D eigenvalue weighted by molar-refractivity contribution is -0.137. The molecule has 1 amide bonds. The highest BCUT2D eigenvalue weighted by molar-refractivity contribution is 7.15. The Balaban J connectivity index is 1.94. The number of carbonyl (C=O) groups excluding carboxylic acids is 1. The second-order valence-electron chi connectivity index (χ2n) is 5.35. The minimum atomic E-state index is -4.34. The molecule has 1 aromatic heterocycles. The van der Waals surface area contributed by atoms with Crippen LogP contribution in [0.25, 0.3) is 0 Å². The molecule has 25 heavy (non-hydrogen) atoms. The first-order chi connectivity index (χ1) is 11.8. The predicted molar refractivity (Wildman–Crippen MR) is 89.5 cm³/mol. The second-order valence-corrected chi connectivity index (χ2v) is 6.46. The number of carbonyl (C=O) groups is 1. The summed E-state index contributed by atoms with van der Waals surface area (Å²) in [7, 11) is 1.48. The zero-order valence-electron chi connectivity index (χ0n) is 13.5. The van der Waals surface area contributed by atoms with Crippen LogP contribution < -0.4 is 11.1 Å². The summed E-state index contributed by atoms with van der Waals surface area (Å²) in [6.07, 6.45) is -2.54. The van der Waals surface area contributed by atoms with Gasteiger partial charge in [0.1, 0.15) is 0 Å². The molecule has 1 heterocycles. The Morgan fingerprint density at radius 2 is 2.04 bits per heavy atom. The van der Waals surface area contributed by atoms with Crippen LogP contribution in [0.3, 0.4) is 0 Å². The maximum absolute atomic E-state index is 12.5. The van der Waals surface area contributed by atoms with Gasteiger partial charge in [-0.05, 0) is 17.7 Å². The van der Waals surface area contributed by atoms with Crippen LogP contribution in [-0.4, -0.2) is 30.6 Å². The number of nitrogens with one attached hydrogen (secondary N) is 1. The van der Waals surface area contributed by atoms with Gasteiger partial charge in [-0.25, -0.2) is 4.98 Å². The first-order valence-electron chi connectivity index (χ1n) is 7.45. The second kappa shape index (κ2) is 8.41. The molecule has 0 aliphatic carbocycles. The van der Waals surface area contributed by atoms with Crippen molar-refractivity contribution in [3.8, 4) is 0 Å². The third-order valence-electron chi connectivity index (χ3n) is 3.47. The topological polar surface area (TPSA) is 77.2 Å². The number of nitrogens with zero attached hydrogens (tertiary/aromatic N) is 1. The van der Waals surface area contributed by atoms with Crippen molar-refractivity contribution in [2.75, 3.05) is 19.0 Å². The number of benzene rings is 1. The van der Waals surface area contributed by atoms with Gasteiger partial charge in [0.25, 0.3) is 0 Å². The highest BCUT2D eigenvalue weighted by atomic mass is 32.1. The molecule has 5 nitrogen and oxygen atoms in total. The lowest BCUT2D eigenvalue weighted by Gasteiger charge is -2.11. The number of anilines is 1. The van der Waals surface area contributed by atoms with E-state index in [2.05, 4.69) is 10.3 Å². The molecule has 0 spiro atoms. The number of amides is 1. The molecule has 9 heteroatoms. The summed E-state index contributed by atoms with van der Waals surface area (Å²) in [5, 5.41) is 3.09. The van der Waals surface area contributed by atoms with Crippen molar-refractivity contribution in [3.63, 3.8) is 0 Å².